The van der Waals surface area contributed by atoms with Gasteiger partial charge in [0.05, 0.1) is 18.2 Å². The van der Waals surface area contributed by atoms with Gasteiger partial charge in [0, 0.05) is 29.2 Å². The zero-order valence-electron chi connectivity index (χ0n) is 18.7. The minimum absolute atomic E-state index is 0.226. The predicted molar refractivity (Wildman–Crippen MR) is 133 cm³/mol. The number of amides is 2. The second-order valence-electron chi connectivity index (χ2n) is 7.93. The first kappa shape index (κ1) is 22.9. The SMILES string of the molecule is Cc1ccc(C(=O)N[C@H](CO)c2ccccc2)cc1NC(=O)c1cncc(-c2ccccc2)c1. The number of anilines is 1. The number of aliphatic hydroxyl groups is 1. The van der Waals surface area contributed by atoms with Crippen molar-refractivity contribution < 1.29 is 14.7 Å². The van der Waals surface area contributed by atoms with Crippen molar-refractivity contribution in [1.29, 1.82) is 0 Å². The first-order valence-electron chi connectivity index (χ1n) is 10.9. The molecule has 2 amide bonds. The van der Waals surface area contributed by atoms with Crippen LogP contribution in [0.2, 0.25) is 0 Å². The molecule has 0 aliphatic carbocycles. The van der Waals surface area contributed by atoms with Gasteiger partial charge in [-0.15, -0.1) is 0 Å². The highest BCUT2D eigenvalue weighted by molar-refractivity contribution is 6.06. The van der Waals surface area contributed by atoms with E-state index in [-0.39, 0.29) is 18.4 Å². The van der Waals surface area contributed by atoms with Crippen molar-refractivity contribution in [3.8, 4) is 11.1 Å². The van der Waals surface area contributed by atoms with E-state index in [0.717, 1.165) is 22.3 Å². The summed E-state index contributed by atoms with van der Waals surface area (Å²) in [4.78, 5) is 30.0. The predicted octanol–water partition coefficient (Wildman–Crippen LogP) is 4.77. The molecule has 1 aromatic heterocycles. The molecule has 0 unspecified atom stereocenters. The number of hydrogen-bond donors (Lipinski definition) is 3. The van der Waals surface area contributed by atoms with E-state index in [1.165, 1.54) is 6.20 Å². The summed E-state index contributed by atoms with van der Waals surface area (Å²) in [6.45, 7) is 1.63. The monoisotopic (exact) mass is 451 g/mol. The number of aliphatic hydroxyl groups excluding tert-OH is 1. The van der Waals surface area contributed by atoms with Gasteiger partial charge in [0.25, 0.3) is 11.8 Å². The number of nitrogens with one attached hydrogen (secondary N) is 2. The highest BCUT2D eigenvalue weighted by Crippen LogP contribution is 2.22. The van der Waals surface area contributed by atoms with Gasteiger partial charge in [-0.25, -0.2) is 0 Å². The number of carbonyl (C=O) groups excluding carboxylic acids is 2. The summed E-state index contributed by atoms with van der Waals surface area (Å²) >= 11 is 0. The standard InChI is InChI=1S/C28H25N3O3/c1-19-12-13-22(27(33)31-26(18-32)21-10-6-3-7-11-21)15-25(19)30-28(34)24-14-23(16-29-17-24)20-8-4-2-5-9-20/h2-17,26,32H,18H2,1H3,(H,30,34)(H,31,33)/t26-/m1/s1. The second-order valence-corrected chi connectivity index (χ2v) is 7.93. The van der Waals surface area contributed by atoms with E-state index in [1.807, 2.05) is 67.6 Å². The minimum Gasteiger partial charge on any atom is -0.394 e. The van der Waals surface area contributed by atoms with E-state index in [1.54, 1.807) is 30.5 Å². The lowest BCUT2D eigenvalue weighted by Gasteiger charge is -2.17. The van der Waals surface area contributed by atoms with Crippen LogP contribution in [-0.4, -0.2) is 28.5 Å². The van der Waals surface area contributed by atoms with Crippen LogP contribution in [0.4, 0.5) is 5.69 Å². The first-order chi connectivity index (χ1) is 16.5. The molecule has 1 heterocycles. The Kier molecular flexibility index (Phi) is 7.10. The third-order valence-electron chi connectivity index (χ3n) is 5.55. The summed E-state index contributed by atoms with van der Waals surface area (Å²) in [5.41, 5.74) is 4.77. The molecule has 4 rings (SSSR count). The van der Waals surface area contributed by atoms with Crippen LogP contribution in [0.15, 0.2) is 97.3 Å². The van der Waals surface area contributed by atoms with Crippen LogP contribution in [0.5, 0.6) is 0 Å². The fourth-order valence-electron chi connectivity index (χ4n) is 3.61. The van der Waals surface area contributed by atoms with Crippen LogP contribution in [-0.2, 0) is 0 Å². The molecule has 0 fully saturated rings. The van der Waals surface area contributed by atoms with Gasteiger partial charge in [-0.05, 0) is 41.8 Å². The summed E-state index contributed by atoms with van der Waals surface area (Å²) < 4.78 is 0. The first-order valence-corrected chi connectivity index (χ1v) is 10.9. The average molecular weight is 452 g/mol. The molecule has 0 aliphatic heterocycles. The topological polar surface area (TPSA) is 91.3 Å². The number of aromatic nitrogens is 1. The van der Waals surface area contributed by atoms with E-state index in [2.05, 4.69) is 15.6 Å². The lowest BCUT2D eigenvalue weighted by molar-refractivity contribution is 0.0915. The van der Waals surface area contributed by atoms with Crippen molar-refractivity contribution in [3.05, 3.63) is 120 Å². The van der Waals surface area contributed by atoms with E-state index in [9.17, 15) is 14.7 Å². The second kappa shape index (κ2) is 10.6. The molecule has 170 valence electrons. The van der Waals surface area contributed by atoms with Crippen molar-refractivity contribution in [3.63, 3.8) is 0 Å². The molecule has 0 saturated carbocycles. The van der Waals surface area contributed by atoms with Crippen LogP contribution < -0.4 is 10.6 Å². The maximum absolute atomic E-state index is 13.0. The minimum atomic E-state index is -0.528. The fourth-order valence-corrected chi connectivity index (χ4v) is 3.61. The quantitative estimate of drug-likeness (QED) is 0.377. The summed E-state index contributed by atoms with van der Waals surface area (Å²) in [7, 11) is 0. The number of nitrogens with zero attached hydrogens (tertiary/aromatic N) is 1. The zero-order valence-corrected chi connectivity index (χ0v) is 18.7. The van der Waals surface area contributed by atoms with E-state index in [0.29, 0.717) is 16.8 Å². The van der Waals surface area contributed by atoms with E-state index < -0.39 is 6.04 Å². The molecule has 6 nitrogen and oxygen atoms in total. The third-order valence-corrected chi connectivity index (χ3v) is 5.55. The van der Waals surface area contributed by atoms with E-state index in [4.69, 9.17) is 0 Å². The van der Waals surface area contributed by atoms with Gasteiger partial charge < -0.3 is 15.7 Å². The molecular weight excluding hydrogens is 426 g/mol. The van der Waals surface area contributed by atoms with Gasteiger partial charge in [0.2, 0.25) is 0 Å². The molecule has 0 spiro atoms. The number of benzene rings is 3. The molecular formula is C28H25N3O3. The number of aryl methyl sites for hydroxylation is 1. The van der Waals surface area contributed by atoms with Crippen molar-refractivity contribution >= 4 is 17.5 Å². The van der Waals surface area contributed by atoms with E-state index >= 15 is 0 Å². The highest BCUT2D eigenvalue weighted by Gasteiger charge is 2.17. The Balaban J connectivity index is 1.51. The maximum atomic E-state index is 13.0. The Bertz CT molecular complexity index is 1290. The summed E-state index contributed by atoms with van der Waals surface area (Å²) in [6, 6.07) is 25.3. The maximum Gasteiger partial charge on any atom is 0.257 e. The summed E-state index contributed by atoms with van der Waals surface area (Å²) in [5, 5.41) is 15.5. The number of pyridine rings is 1. The van der Waals surface area contributed by atoms with Crippen molar-refractivity contribution in [2.24, 2.45) is 0 Å². The molecule has 3 aromatic carbocycles. The molecule has 6 heteroatoms. The normalized spacial score (nSPS) is 11.5. The molecule has 0 radical (unpaired) electrons. The smallest absolute Gasteiger partial charge is 0.257 e. The van der Waals surface area contributed by atoms with Crippen molar-refractivity contribution in [2.75, 3.05) is 11.9 Å². The molecule has 3 N–H and O–H groups in total. The van der Waals surface area contributed by atoms with Gasteiger partial charge >= 0.3 is 0 Å². The molecule has 0 bridgehead atoms. The number of rotatable bonds is 7. The number of hydrogen-bond acceptors (Lipinski definition) is 4. The Morgan fingerprint density at radius 2 is 1.53 bits per heavy atom. The highest BCUT2D eigenvalue weighted by atomic mass is 16.3. The largest absolute Gasteiger partial charge is 0.394 e. The molecule has 4 aromatic rings. The Morgan fingerprint density at radius 3 is 2.24 bits per heavy atom. The zero-order chi connectivity index (χ0) is 23.9. The molecule has 1 atom stereocenters. The van der Waals surface area contributed by atoms with Gasteiger partial charge in [0.15, 0.2) is 0 Å². The van der Waals surface area contributed by atoms with Crippen LogP contribution in [0.3, 0.4) is 0 Å². The molecule has 0 aliphatic rings. The lowest BCUT2D eigenvalue weighted by Crippen LogP contribution is -2.30. The van der Waals surface area contributed by atoms with Crippen LogP contribution in [0.25, 0.3) is 11.1 Å². The lowest BCUT2D eigenvalue weighted by atomic mass is 10.0. The molecule has 0 saturated heterocycles. The van der Waals surface area contributed by atoms with Crippen LogP contribution in [0, 0.1) is 6.92 Å². The van der Waals surface area contributed by atoms with Gasteiger partial charge in [-0.1, -0.05) is 66.7 Å². The van der Waals surface area contributed by atoms with Gasteiger partial charge in [-0.3, -0.25) is 14.6 Å². The van der Waals surface area contributed by atoms with Gasteiger partial charge in [-0.2, -0.15) is 0 Å². The average Bonchev–Trinajstić information content (AvgIpc) is 2.89. The van der Waals surface area contributed by atoms with Crippen LogP contribution in [0.1, 0.15) is 37.9 Å². The Morgan fingerprint density at radius 1 is 0.824 bits per heavy atom. The number of carbonyl (C=O) groups is 2. The van der Waals surface area contributed by atoms with Crippen LogP contribution >= 0.6 is 0 Å². The third kappa shape index (κ3) is 5.36. The Labute approximate surface area is 198 Å². The van der Waals surface area contributed by atoms with Crippen molar-refractivity contribution in [2.45, 2.75) is 13.0 Å². The van der Waals surface area contributed by atoms with Gasteiger partial charge in [0.1, 0.15) is 0 Å². The summed E-state index contributed by atoms with van der Waals surface area (Å²) in [6.07, 6.45) is 3.23. The summed E-state index contributed by atoms with van der Waals surface area (Å²) in [5.74, 6) is -0.658. The molecule has 34 heavy (non-hydrogen) atoms. The fraction of sp³-hybridized carbons (Fsp3) is 0.107. The van der Waals surface area contributed by atoms with Crippen molar-refractivity contribution in [1.82, 2.24) is 10.3 Å². The Hall–Kier alpha value is -4.29.